The van der Waals surface area contributed by atoms with Gasteiger partial charge < -0.3 is 10.2 Å². The molecule has 0 saturated heterocycles. The minimum absolute atomic E-state index is 0.274. The summed E-state index contributed by atoms with van der Waals surface area (Å²) in [4.78, 5) is 6.32. The fraction of sp³-hybridized carbons (Fsp3) is 0.308. The number of fused-ring (bicyclic) bond motifs is 1. The summed E-state index contributed by atoms with van der Waals surface area (Å²) in [6.45, 7) is 0.630. The number of nitrogens with zero attached hydrogens (tertiary/aromatic N) is 2. The van der Waals surface area contributed by atoms with Crippen molar-refractivity contribution in [1.29, 1.82) is 0 Å². The van der Waals surface area contributed by atoms with Crippen LogP contribution in [0.5, 0.6) is 0 Å². The first-order valence-electron chi connectivity index (χ1n) is 5.53. The van der Waals surface area contributed by atoms with Gasteiger partial charge in [0.15, 0.2) is 0 Å². The maximum Gasteiger partial charge on any atom is 0.149 e. The van der Waals surface area contributed by atoms with Gasteiger partial charge in [-0.05, 0) is 19.2 Å². The van der Waals surface area contributed by atoms with E-state index < -0.39 is 0 Å². The summed E-state index contributed by atoms with van der Waals surface area (Å²) >= 11 is 0. The highest BCUT2D eigenvalue weighted by Crippen LogP contribution is 2.26. The lowest BCUT2D eigenvalue weighted by Gasteiger charge is -2.17. The standard InChI is InChI=1S/C13H16FN3/c1-15-8-9-7-12(17(2)3)10-5-4-6-11(14)13(10)16-9/h4-7,15H,8H2,1-3H3. The lowest BCUT2D eigenvalue weighted by Crippen LogP contribution is -2.13. The Morgan fingerprint density at radius 3 is 2.76 bits per heavy atom. The summed E-state index contributed by atoms with van der Waals surface area (Å²) in [5, 5.41) is 3.87. The van der Waals surface area contributed by atoms with Crippen molar-refractivity contribution in [1.82, 2.24) is 10.3 Å². The van der Waals surface area contributed by atoms with Crippen molar-refractivity contribution in [3.63, 3.8) is 0 Å². The van der Waals surface area contributed by atoms with Gasteiger partial charge in [0, 0.05) is 31.7 Å². The van der Waals surface area contributed by atoms with Gasteiger partial charge in [-0.25, -0.2) is 9.37 Å². The Kier molecular flexibility index (Phi) is 3.24. The van der Waals surface area contributed by atoms with E-state index in [1.807, 2.05) is 38.2 Å². The van der Waals surface area contributed by atoms with Crippen LogP contribution in [0.3, 0.4) is 0 Å². The molecule has 0 saturated carbocycles. The first kappa shape index (κ1) is 11.8. The molecule has 3 nitrogen and oxygen atoms in total. The Labute approximate surface area is 100 Å². The van der Waals surface area contributed by atoms with Crippen LogP contribution in [0.15, 0.2) is 24.3 Å². The Hall–Kier alpha value is -1.68. The summed E-state index contributed by atoms with van der Waals surface area (Å²) < 4.78 is 13.7. The minimum atomic E-state index is -0.274. The highest BCUT2D eigenvalue weighted by molar-refractivity contribution is 5.92. The number of rotatable bonds is 3. The summed E-state index contributed by atoms with van der Waals surface area (Å²) in [5.41, 5.74) is 2.26. The quantitative estimate of drug-likeness (QED) is 0.880. The zero-order chi connectivity index (χ0) is 12.4. The first-order valence-corrected chi connectivity index (χ1v) is 5.53. The minimum Gasteiger partial charge on any atom is -0.377 e. The fourth-order valence-electron chi connectivity index (χ4n) is 1.89. The zero-order valence-corrected chi connectivity index (χ0v) is 10.3. The highest BCUT2D eigenvalue weighted by atomic mass is 19.1. The van der Waals surface area contributed by atoms with Crippen LogP contribution >= 0.6 is 0 Å². The van der Waals surface area contributed by atoms with Crippen molar-refractivity contribution in [2.24, 2.45) is 0 Å². The van der Waals surface area contributed by atoms with Crippen molar-refractivity contribution in [3.8, 4) is 0 Å². The molecule has 2 aromatic rings. The van der Waals surface area contributed by atoms with Crippen LogP contribution in [0.4, 0.5) is 10.1 Å². The molecule has 0 fully saturated rings. The number of hydrogen-bond donors (Lipinski definition) is 1. The molecule has 0 radical (unpaired) electrons. The van der Waals surface area contributed by atoms with Gasteiger partial charge >= 0.3 is 0 Å². The molecule has 17 heavy (non-hydrogen) atoms. The molecular formula is C13H16FN3. The molecule has 0 atom stereocenters. The number of para-hydroxylation sites is 1. The number of nitrogens with one attached hydrogen (secondary N) is 1. The van der Waals surface area contributed by atoms with Crippen molar-refractivity contribution >= 4 is 16.6 Å². The predicted molar refractivity (Wildman–Crippen MR) is 68.8 cm³/mol. The van der Waals surface area contributed by atoms with Crippen LogP contribution in [0, 0.1) is 5.82 Å². The molecule has 1 aromatic carbocycles. The fourth-order valence-corrected chi connectivity index (χ4v) is 1.89. The number of benzene rings is 1. The maximum atomic E-state index is 13.7. The van der Waals surface area contributed by atoms with Gasteiger partial charge in [-0.2, -0.15) is 0 Å². The predicted octanol–water partition coefficient (Wildman–Crippen LogP) is 2.16. The van der Waals surface area contributed by atoms with Crippen molar-refractivity contribution < 1.29 is 4.39 Å². The second-order valence-corrected chi connectivity index (χ2v) is 4.19. The van der Waals surface area contributed by atoms with Crippen LogP contribution in [0.1, 0.15) is 5.69 Å². The molecule has 0 unspecified atom stereocenters. The number of pyridine rings is 1. The lowest BCUT2D eigenvalue weighted by molar-refractivity contribution is 0.635. The number of halogens is 1. The van der Waals surface area contributed by atoms with E-state index in [9.17, 15) is 4.39 Å². The van der Waals surface area contributed by atoms with Gasteiger partial charge in [-0.1, -0.05) is 12.1 Å². The maximum absolute atomic E-state index is 13.7. The van der Waals surface area contributed by atoms with Crippen LogP contribution in [0.2, 0.25) is 0 Å². The van der Waals surface area contributed by atoms with E-state index in [-0.39, 0.29) is 5.82 Å². The SMILES string of the molecule is CNCc1cc(N(C)C)c2cccc(F)c2n1. The Morgan fingerprint density at radius 2 is 2.12 bits per heavy atom. The second-order valence-electron chi connectivity index (χ2n) is 4.19. The molecule has 90 valence electrons. The second kappa shape index (κ2) is 4.67. The topological polar surface area (TPSA) is 28.2 Å². The van der Waals surface area contributed by atoms with Gasteiger partial charge in [0.05, 0.1) is 5.69 Å². The summed E-state index contributed by atoms with van der Waals surface area (Å²) in [5.74, 6) is -0.274. The molecular weight excluding hydrogens is 217 g/mol. The largest absolute Gasteiger partial charge is 0.377 e. The molecule has 1 N–H and O–H groups in total. The molecule has 4 heteroatoms. The van der Waals surface area contributed by atoms with Gasteiger partial charge in [0.25, 0.3) is 0 Å². The summed E-state index contributed by atoms with van der Waals surface area (Å²) in [6.07, 6.45) is 0. The first-order chi connectivity index (χ1) is 8.13. The summed E-state index contributed by atoms with van der Waals surface area (Å²) in [7, 11) is 5.74. The smallest absolute Gasteiger partial charge is 0.149 e. The van der Waals surface area contributed by atoms with Crippen LogP contribution in [-0.2, 0) is 6.54 Å². The van der Waals surface area contributed by atoms with Crippen LogP contribution < -0.4 is 10.2 Å². The van der Waals surface area contributed by atoms with Crippen LogP contribution in [-0.4, -0.2) is 26.1 Å². The molecule has 0 spiro atoms. The van der Waals surface area contributed by atoms with Crippen molar-refractivity contribution in [3.05, 3.63) is 35.8 Å². The van der Waals surface area contributed by atoms with Crippen LogP contribution in [0.25, 0.3) is 10.9 Å². The average Bonchev–Trinajstić information content (AvgIpc) is 2.29. The van der Waals surface area contributed by atoms with E-state index in [0.29, 0.717) is 12.1 Å². The highest BCUT2D eigenvalue weighted by Gasteiger charge is 2.10. The molecule has 0 bridgehead atoms. The number of anilines is 1. The third-order valence-electron chi connectivity index (χ3n) is 2.66. The van der Waals surface area contributed by atoms with Gasteiger partial charge in [0.2, 0.25) is 0 Å². The molecule has 1 heterocycles. The normalized spacial score (nSPS) is 10.8. The van der Waals surface area contributed by atoms with Gasteiger partial charge in [0.1, 0.15) is 11.3 Å². The monoisotopic (exact) mass is 233 g/mol. The molecule has 0 aliphatic carbocycles. The van der Waals surface area contributed by atoms with E-state index >= 15 is 0 Å². The zero-order valence-electron chi connectivity index (χ0n) is 10.3. The third kappa shape index (κ3) is 2.22. The number of hydrogen-bond acceptors (Lipinski definition) is 3. The number of aromatic nitrogens is 1. The molecule has 1 aromatic heterocycles. The molecule has 0 aliphatic heterocycles. The lowest BCUT2D eigenvalue weighted by atomic mass is 10.1. The van der Waals surface area contributed by atoms with E-state index in [0.717, 1.165) is 16.8 Å². The van der Waals surface area contributed by atoms with Crippen molar-refractivity contribution in [2.75, 3.05) is 26.0 Å². The molecule has 0 aliphatic rings. The van der Waals surface area contributed by atoms with E-state index in [2.05, 4.69) is 10.3 Å². The van der Waals surface area contributed by atoms with Gasteiger partial charge in [-0.3, -0.25) is 0 Å². The van der Waals surface area contributed by atoms with E-state index in [4.69, 9.17) is 0 Å². The Bertz CT molecular complexity index is 537. The van der Waals surface area contributed by atoms with Crippen molar-refractivity contribution in [2.45, 2.75) is 6.54 Å². The Balaban J connectivity index is 2.72. The third-order valence-corrected chi connectivity index (χ3v) is 2.66. The Morgan fingerprint density at radius 1 is 1.35 bits per heavy atom. The van der Waals surface area contributed by atoms with E-state index in [1.54, 1.807) is 6.07 Å². The molecule has 2 rings (SSSR count). The van der Waals surface area contributed by atoms with Gasteiger partial charge in [-0.15, -0.1) is 0 Å². The average molecular weight is 233 g/mol. The van der Waals surface area contributed by atoms with E-state index in [1.165, 1.54) is 6.07 Å². The molecule has 0 amide bonds. The summed E-state index contributed by atoms with van der Waals surface area (Å²) in [6, 6.07) is 7.03.